The number of carbonyl (C=O) groups is 2. The fraction of sp³-hybridized carbons (Fsp3) is 0.211. The molecule has 1 aromatic carbocycles. The maximum absolute atomic E-state index is 12.3. The zero-order valence-electron chi connectivity index (χ0n) is 15.6. The van der Waals surface area contributed by atoms with E-state index >= 15 is 0 Å². The molecule has 1 N–H and O–H groups in total. The van der Waals surface area contributed by atoms with Gasteiger partial charge in [0.15, 0.2) is 5.82 Å². The number of aromatic carboxylic acids is 1. The molecule has 9 nitrogen and oxygen atoms in total. The van der Waals surface area contributed by atoms with E-state index in [0.717, 1.165) is 11.4 Å². The van der Waals surface area contributed by atoms with E-state index in [1.165, 1.54) is 18.3 Å². The molecular formula is C19H18N5O4-. The lowest BCUT2D eigenvalue weighted by Gasteiger charge is -2.12. The first-order chi connectivity index (χ1) is 13.4. The highest BCUT2D eigenvalue weighted by atomic mass is 16.5. The number of esters is 1. The van der Waals surface area contributed by atoms with E-state index in [1.54, 1.807) is 23.7 Å². The van der Waals surface area contributed by atoms with Gasteiger partial charge < -0.3 is 20.0 Å². The van der Waals surface area contributed by atoms with Crippen molar-refractivity contribution in [1.29, 1.82) is 0 Å². The molecule has 0 aliphatic heterocycles. The Kier molecular flexibility index (Phi) is 5.35. The van der Waals surface area contributed by atoms with Gasteiger partial charge in [0.25, 0.3) is 5.95 Å². The third-order valence-electron chi connectivity index (χ3n) is 3.85. The highest BCUT2D eigenvalue weighted by Crippen LogP contribution is 2.21. The van der Waals surface area contributed by atoms with E-state index < -0.39 is 11.9 Å². The number of aryl methyl sites for hydroxylation is 2. The van der Waals surface area contributed by atoms with Gasteiger partial charge in [0, 0.05) is 17.6 Å². The highest BCUT2D eigenvalue weighted by molar-refractivity contribution is 5.95. The number of ether oxygens (including phenoxy) is 1. The fourth-order valence-corrected chi connectivity index (χ4v) is 2.59. The molecule has 0 bridgehead atoms. The summed E-state index contributed by atoms with van der Waals surface area (Å²) in [5.41, 5.74) is 2.38. The molecular weight excluding hydrogens is 362 g/mol. The van der Waals surface area contributed by atoms with Gasteiger partial charge in [-0.3, -0.25) is 0 Å². The summed E-state index contributed by atoms with van der Waals surface area (Å²) in [5.74, 6) is -1.34. The third-order valence-corrected chi connectivity index (χ3v) is 3.85. The van der Waals surface area contributed by atoms with Gasteiger partial charge in [-0.15, -0.1) is 0 Å². The largest absolute Gasteiger partial charge is 0.545 e. The van der Waals surface area contributed by atoms with Gasteiger partial charge in [-0.05, 0) is 44.5 Å². The molecule has 0 saturated heterocycles. The van der Waals surface area contributed by atoms with Crippen LogP contribution in [0.2, 0.25) is 0 Å². The van der Waals surface area contributed by atoms with Crippen molar-refractivity contribution in [3.63, 3.8) is 0 Å². The predicted octanol–water partition coefficient (Wildman–Crippen LogP) is 1.56. The molecule has 28 heavy (non-hydrogen) atoms. The van der Waals surface area contributed by atoms with Gasteiger partial charge in [0.05, 0.1) is 18.3 Å². The average molecular weight is 380 g/mol. The Hall–Kier alpha value is -3.75. The van der Waals surface area contributed by atoms with Crippen molar-refractivity contribution in [1.82, 2.24) is 19.7 Å². The van der Waals surface area contributed by atoms with Crippen LogP contribution in [0.1, 0.15) is 39.0 Å². The number of carboxylic acids is 1. The second-order valence-electron chi connectivity index (χ2n) is 5.98. The van der Waals surface area contributed by atoms with E-state index in [-0.39, 0.29) is 29.5 Å². The lowest BCUT2D eigenvalue weighted by molar-refractivity contribution is -0.255. The van der Waals surface area contributed by atoms with Crippen molar-refractivity contribution in [2.24, 2.45) is 0 Å². The lowest BCUT2D eigenvalue weighted by Crippen LogP contribution is -2.22. The van der Waals surface area contributed by atoms with Gasteiger partial charge in [-0.25, -0.2) is 14.5 Å². The Balaban J connectivity index is 2.01. The summed E-state index contributed by atoms with van der Waals surface area (Å²) in [6.45, 7) is 5.63. The van der Waals surface area contributed by atoms with Gasteiger partial charge in [0.1, 0.15) is 5.56 Å². The monoisotopic (exact) mass is 380 g/mol. The molecule has 0 saturated carbocycles. The molecule has 3 aromatic rings. The molecule has 9 heteroatoms. The van der Waals surface area contributed by atoms with Crippen LogP contribution in [0.4, 0.5) is 11.5 Å². The molecule has 3 rings (SSSR count). The van der Waals surface area contributed by atoms with E-state index in [9.17, 15) is 14.7 Å². The third kappa shape index (κ3) is 3.98. The normalized spacial score (nSPS) is 10.5. The minimum atomic E-state index is -1.27. The Labute approximate surface area is 161 Å². The predicted molar refractivity (Wildman–Crippen MR) is 98.6 cm³/mol. The first kappa shape index (κ1) is 19.0. The Bertz CT molecular complexity index is 1030. The minimum Gasteiger partial charge on any atom is -0.545 e. The summed E-state index contributed by atoms with van der Waals surface area (Å²) >= 11 is 0. The summed E-state index contributed by atoms with van der Waals surface area (Å²) in [4.78, 5) is 31.8. The summed E-state index contributed by atoms with van der Waals surface area (Å²) < 4.78 is 6.63. The van der Waals surface area contributed by atoms with E-state index in [1.807, 2.05) is 19.9 Å². The number of anilines is 2. The zero-order valence-corrected chi connectivity index (χ0v) is 15.6. The number of hydrogen-bond donors (Lipinski definition) is 1. The van der Waals surface area contributed by atoms with Crippen molar-refractivity contribution < 1.29 is 19.4 Å². The lowest BCUT2D eigenvalue weighted by atomic mass is 10.2. The van der Waals surface area contributed by atoms with Crippen LogP contribution in [0.25, 0.3) is 5.95 Å². The molecule has 0 aliphatic rings. The smallest absolute Gasteiger partial charge is 0.343 e. The van der Waals surface area contributed by atoms with Crippen LogP contribution in [0.5, 0.6) is 0 Å². The second-order valence-corrected chi connectivity index (χ2v) is 5.98. The molecule has 0 radical (unpaired) electrons. The molecule has 2 heterocycles. The number of carbonyl (C=O) groups excluding carboxylic acids is 2. The topological polar surface area (TPSA) is 122 Å². The number of nitrogens with one attached hydrogen (secondary N) is 1. The fourth-order valence-electron chi connectivity index (χ4n) is 2.59. The molecule has 0 atom stereocenters. The van der Waals surface area contributed by atoms with Crippen LogP contribution in [0, 0.1) is 13.8 Å². The minimum absolute atomic E-state index is 0.0437. The first-order valence-electron chi connectivity index (χ1n) is 8.55. The molecule has 0 spiro atoms. The molecule has 0 aliphatic carbocycles. The first-order valence-corrected chi connectivity index (χ1v) is 8.55. The molecule has 144 valence electrons. The van der Waals surface area contributed by atoms with Gasteiger partial charge >= 0.3 is 5.97 Å². The summed E-state index contributed by atoms with van der Waals surface area (Å²) in [7, 11) is 0. The SMILES string of the molecule is CCOC(=O)c1cnc(-n2nc(C)cc2C)nc1Nc1ccc(C(=O)[O-])cc1. The molecule has 2 aromatic heterocycles. The van der Waals surface area contributed by atoms with Gasteiger partial charge in [0.2, 0.25) is 0 Å². The molecule has 0 fully saturated rings. The van der Waals surface area contributed by atoms with E-state index in [4.69, 9.17) is 4.74 Å². The van der Waals surface area contributed by atoms with Crippen LogP contribution in [-0.4, -0.2) is 38.3 Å². The van der Waals surface area contributed by atoms with Crippen molar-refractivity contribution in [2.75, 3.05) is 11.9 Å². The van der Waals surface area contributed by atoms with Crippen molar-refractivity contribution in [3.05, 3.63) is 59.0 Å². The standard InChI is InChI=1S/C19H19N5O4/c1-4-28-18(27)15-10-20-19(24-12(3)9-11(2)23-24)22-16(15)21-14-7-5-13(6-8-14)17(25)26/h5-10H,4H2,1-3H3,(H,25,26)(H,20,21,22)/p-1. The van der Waals surface area contributed by atoms with Crippen LogP contribution in [-0.2, 0) is 4.74 Å². The number of nitrogens with zero attached hydrogens (tertiary/aromatic N) is 4. The van der Waals surface area contributed by atoms with Crippen molar-refractivity contribution in [2.45, 2.75) is 20.8 Å². The number of benzene rings is 1. The average Bonchev–Trinajstić information content (AvgIpc) is 3.00. The van der Waals surface area contributed by atoms with Crippen LogP contribution in [0.15, 0.2) is 36.5 Å². The van der Waals surface area contributed by atoms with E-state index in [0.29, 0.717) is 5.69 Å². The Morgan fingerprint density at radius 1 is 1.21 bits per heavy atom. The molecule has 0 unspecified atom stereocenters. The quantitative estimate of drug-likeness (QED) is 0.639. The summed E-state index contributed by atoms with van der Waals surface area (Å²) in [6.07, 6.45) is 1.37. The van der Waals surface area contributed by atoms with Crippen LogP contribution >= 0.6 is 0 Å². The van der Waals surface area contributed by atoms with Crippen molar-refractivity contribution >= 4 is 23.4 Å². The molecule has 0 amide bonds. The number of aromatic nitrogens is 4. The Morgan fingerprint density at radius 2 is 1.93 bits per heavy atom. The highest BCUT2D eigenvalue weighted by Gasteiger charge is 2.18. The van der Waals surface area contributed by atoms with Gasteiger partial charge in [-0.1, -0.05) is 12.1 Å². The van der Waals surface area contributed by atoms with Gasteiger partial charge in [-0.2, -0.15) is 10.1 Å². The summed E-state index contributed by atoms with van der Waals surface area (Å²) in [5, 5.41) is 18.3. The number of rotatable bonds is 6. The van der Waals surface area contributed by atoms with Crippen molar-refractivity contribution in [3.8, 4) is 5.95 Å². The van der Waals surface area contributed by atoms with Crippen LogP contribution < -0.4 is 10.4 Å². The zero-order chi connectivity index (χ0) is 20.3. The summed E-state index contributed by atoms with van der Waals surface area (Å²) in [6, 6.07) is 7.76. The Morgan fingerprint density at radius 3 is 2.50 bits per heavy atom. The number of hydrogen-bond acceptors (Lipinski definition) is 8. The maximum Gasteiger partial charge on any atom is 0.343 e. The van der Waals surface area contributed by atoms with Crippen LogP contribution in [0.3, 0.4) is 0 Å². The maximum atomic E-state index is 12.3. The second kappa shape index (κ2) is 7.87. The van der Waals surface area contributed by atoms with E-state index in [2.05, 4.69) is 20.4 Å². The number of carboxylic acid groups (broad SMARTS) is 1.